The molecule has 0 aliphatic rings. The molecule has 0 bridgehead atoms. The summed E-state index contributed by atoms with van der Waals surface area (Å²) in [5.41, 5.74) is -0.352. The molecule has 0 saturated carbocycles. The van der Waals surface area contributed by atoms with Crippen LogP contribution < -0.4 is 5.43 Å². The Kier molecular flexibility index (Phi) is 5.09. The molecule has 3 nitrogen and oxygen atoms in total. The molecule has 1 atom stereocenters. The summed E-state index contributed by atoms with van der Waals surface area (Å²) in [6.07, 6.45) is 6.65. The van der Waals surface area contributed by atoms with E-state index in [1.165, 1.54) is 25.2 Å². The molecule has 90 valence electrons. The average Bonchev–Trinajstić information content (AvgIpc) is 2.29. The van der Waals surface area contributed by atoms with Crippen LogP contribution in [0.5, 0.6) is 5.75 Å². The van der Waals surface area contributed by atoms with Crippen LogP contribution in [-0.4, -0.2) is 5.11 Å². The van der Waals surface area contributed by atoms with Gasteiger partial charge in [0.2, 0.25) is 11.2 Å². The SMILES string of the molecule is CCCCCC(CC)c1occc(=O)c1O. The van der Waals surface area contributed by atoms with Gasteiger partial charge >= 0.3 is 0 Å². The molecule has 0 aliphatic carbocycles. The molecule has 1 N–H and O–H groups in total. The van der Waals surface area contributed by atoms with E-state index in [4.69, 9.17) is 4.42 Å². The van der Waals surface area contributed by atoms with Crippen LogP contribution in [0.4, 0.5) is 0 Å². The summed E-state index contributed by atoms with van der Waals surface area (Å²) in [6, 6.07) is 1.25. The van der Waals surface area contributed by atoms with Crippen molar-refractivity contribution in [3.8, 4) is 5.75 Å². The largest absolute Gasteiger partial charge is 0.502 e. The molecule has 1 rings (SSSR count). The van der Waals surface area contributed by atoms with Crippen LogP contribution in [0.25, 0.3) is 0 Å². The van der Waals surface area contributed by atoms with Crippen LogP contribution in [0.3, 0.4) is 0 Å². The number of aromatic hydroxyl groups is 1. The molecule has 3 heteroatoms. The number of hydrogen-bond donors (Lipinski definition) is 1. The van der Waals surface area contributed by atoms with Crippen molar-refractivity contribution in [3.63, 3.8) is 0 Å². The van der Waals surface area contributed by atoms with Gasteiger partial charge < -0.3 is 9.52 Å². The van der Waals surface area contributed by atoms with Crippen molar-refractivity contribution < 1.29 is 9.52 Å². The fourth-order valence-electron chi connectivity index (χ4n) is 1.88. The zero-order valence-electron chi connectivity index (χ0n) is 10.0. The van der Waals surface area contributed by atoms with E-state index in [9.17, 15) is 9.90 Å². The average molecular weight is 224 g/mol. The summed E-state index contributed by atoms with van der Waals surface area (Å²) in [4.78, 5) is 11.3. The Labute approximate surface area is 96.1 Å². The van der Waals surface area contributed by atoms with Gasteiger partial charge in [-0.3, -0.25) is 4.79 Å². The van der Waals surface area contributed by atoms with Gasteiger partial charge in [-0.25, -0.2) is 0 Å². The lowest BCUT2D eigenvalue weighted by Crippen LogP contribution is -2.05. The third-order valence-corrected chi connectivity index (χ3v) is 2.90. The molecular weight excluding hydrogens is 204 g/mol. The maximum atomic E-state index is 11.3. The van der Waals surface area contributed by atoms with Gasteiger partial charge in [-0.2, -0.15) is 0 Å². The molecule has 0 spiro atoms. The molecule has 0 aromatic carbocycles. The van der Waals surface area contributed by atoms with Gasteiger partial charge in [0.15, 0.2) is 5.76 Å². The molecule has 1 unspecified atom stereocenters. The van der Waals surface area contributed by atoms with Gasteiger partial charge in [0.05, 0.1) is 6.26 Å². The molecule has 0 amide bonds. The molecule has 0 saturated heterocycles. The molecule has 0 aliphatic heterocycles. The second-order valence-electron chi connectivity index (χ2n) is 4.10. The van der Waals surface area contributed by atoms with Crippen molar-refractivity contribution in [1.29, 1.82) is 0 Å². The highest BCUT2D eigenvalue weighted by atomic mass is 16.4. The smallest absolute Gasteiger partial charge is 0.226 e. The first kappa shape index (κ1) is 12.8. The van der Waals surface area contributed by atoms with Crippen molar-refractivity contribution in [2.45, 2.75) is 51.9 Å². The summed E-state index contributed by atoms with van der Waals surface area (Å²) in [5.74, 6) is 0.386. The minimum atomic E-state index is -0.352. The fourth-order valence-corrected chi connectivity index (χ4v) is 1.88. The lowest BCUT2D eigenvalue weighted by Gasteiger charge is -2.14. The second-order valence-corrected chi connectivity index (χ2v) is 4.10. The Hall–Kier alpha value is -1.25. The standard InChI is InChI=1S/C13H20O3/c1-3-5-6-7-10(4-2)13-12(15)11(14)8-9-16-13/h8-10,15H,3-7H2,1-2H3. The third kappa shape index (κ3) is 3.12. The van der Waals surface area contributed by atoms with Gasteiger partial charge in [0.1, 0.15) is 0 Å². The van der Waals surface area contributed by atoms with Crippen LogP contribution >= 0.6 is 0 Å². The highest BCUT2D eigenvalue weighted by Crippen LogP contribution is 2.29. The predicted octanol–water partition coefficient (Wildman–Crippen LogP) is 3.42. The van der Waals surface area contributed by atoms with E-state index in [1.807, 2.05) is 6.92 Å². The van der Waals surface area contributed by atoms with Crippen LogP contribution in [-0.2, 0) is 0 Å². The van der Waals surface area contributed by atoms with Crippen LogP contribution in [0.15, 0.2) is 21.5 Å². The predicted molar refractivity (Wildman–Crippen MR) is 63.8 cm³/mol. The van der Waals surface area contributed by atoms with Crippen LogP contribution in [0.2, 0.25) is 0 Å². The van der Waals surface area contributed by atoms with Gasteiger partial charge in [-0.15, -0.1) is 0 Å². The molecule has 0 radical (unpaired) electrons. The van der Waals surface area contributed by atoms with E-state index < -0.39 is 0 Å². The second kappa shape index (κ2) is 6.36. The van der Waals surface area contributed by atoms with Gasteiger partial charge in [-0.1, -0.05) is 33.1 Å². The quantitative estimate of drug-likeness (QED) is 0.753. The topological polar surface area (TPSA) is 50.4 Å². The van der Waals surface area contributed by atoms with Crippen LogP contribution in [0.1, 0.15) is 57.6 Å². The molecule has 0 fully saturated rings. The van der Waals surface area contributed by atoms with E-state index in [0.717, 1.165) is 19.3 Å². The van der Waals surface area contributed by atoms with Gasteiger partial charge in [0, 0.05) is 12.0 Å². The molecular formula is C13H20O3. The first-order valence-corrected chi connectivity index (χ1v) is 6.01. The Morgan fingerprint density at radius 3 is 2.75 bits per heavy atom. The molecule has 1 aromatic heterocycles. The number of unbranched alkanes of at least 4 members (excludes halogenated alkanes) is 2. The van der Waals surface area contributed by atoms with Gasteiger partial charge in [0.25, 0.3) is 0 Å². The van der Waals surface area contributed by atoms with E-state index in [1.54, 1.807) is 0 Å². The molecule has 1 aromatic rings. The summed E-state index contributed by atoms with van der Waals surface area (Å²) in [6.45, 7) is 4.20. The summed E-state index contributed by atoms with van der Waals surface area (Å²) < 4.78 is 5.27. The zero-order valence-corrected chi connectivity index (χ0v) is 10.0. The summed E-state index contributed by atoms with van der Waals surface area (Å²) in [7, 11) is 0. The fraction of sp³-hybridized carbons (Fsp3) is 0.615. The molecule has 1 heterocycles. The van der Waals surface area contributed by atoms with Crippen molar-refractivity contribution in [2.75, 3.05) is 0 Å². The maximum Gasteiger partial charge on any atom is 0.226 e. The van der Waals surface area contributed by atoms with Crippen molar-refractivity contribution >= 4 is 0 Å². The zero-order chi connectivity index (χ0) is 12.0. The van der Waals surface area contributed by atoms with E-state index in [-0.39, 0.29) is 17.1 Å². The third-order valence-electron chi connectivity index (χ3n) is 2.90. The summed E-state index contributed by atoms with van der Waals surface area (Å²) >= 11 is 0. The van der Waals surface area contributed by atoms with E-state index in [2.05, 4.69) is 6.92 Å². The maximum absolute atomic E-state index is 11.3. The minimum Gasteiger partial charge on any atom is -0.502 e. The first-order valence-electron chi connectivity index (χ1n) is 6.01. The van der Waals surface area contributed by atoms with Crippen LogP contribution in [0, 0.1) is 0 Å². The van der Waals surface area contributed by atoms with Gasteiger partial charge in [-0.05, 0) is 12.8 Å². The van der Waals surface area contributed by atoms with E-state index in [0.29, 0.717) is 5.76 Å². The van der Waals surface area contributed by atoms with Crippen molar-refractivity contribution in [1.82, 2.24) is 0 Å². The van der Waals surface area contributed by atoms with E-state index >= 15 is 0 Å². The van der Waals surface area contributed by atoms with Crippen molar-refractivity contribution in [3.05, 3.63) is 28.3 Å². The summed E-state index contributed by atoms with van der Waals surface area (Å²) in [5, 5.41) is 9.65. The number of rotatable bonds is 6. The molecule has 16 heavy (non-hydrogen) atoms. The number of hydrogen-bond acceptors (Lipinski definition) is 3. The Morgan fingerprint density at radius 2 is 2.12 bits per heavy atom. The Morgan fingerprint density at radius 1 is 1.38 bits per heavy atom. The lowest BCUT2D eigenvalue weighted by molar-refractivity contribution is 0.361. The normalized spacial score (nSPS) is 12.6. The highest BCUT2D eigenvalue weighted by molar-refractivity contribution is 5.25. The van der Waals surface area contributed by atoms with Crippen molar-refractivity contribution in [2.24, 2.45) is 0 Å². The lowest BCUT2D eigenvalue weighted by atomic mass is 9.95. The highest BCUT2D eigenvalue weighted by Gasteiger charge is 2.17. The first-order chi connectivity index (χ1) is 7.70. The Bertz CT molecular complexity index is 368. The minimum absolute atomic E-state index is 0.153. The Balaban J connectivity index is 2.78. The monoisotopic (exact) mass is 224 g/mol.